The maximum atomic E-state index is 12.4. The number of benzene rings is 2. The van der Waals surface area contributed by atoms with Crippen molar-refractivity contribution in [3.05, 3.63) is 71.4 Å². The van der Waals surface area contributed by atoms with Gasteiger partial charge in [0.2, 0.25) is 5.91 Å². The fourth-order valence-corrected chi connectivity index (χ4v) is 4.58. The van der Waals surface area contributed by atoms with Gasteiger partial charge in [-0.2, -0.15) is 5.10 Å². The topological polar surface area (TPSA) is 56.2 Å². The maximum Gasteiger partial charge on any atom is 0.235 e. The molecule has 2 aromatic carbocycles. The summed E-state index contributed by atoms with van der Waals surface area (Å²) in [5.74, 6) is 2.00. The van der Waals surface area contributed by atoms with Crippen LogP contribution in [0.25, 0.3) is 5.69 Å². The molecule has 4 rings (SSSR count). The number of hydrogen-bond acceptors (Lipinski definition) is 4. The molecule has 1 amide bonds. The third kappa shape index (κ3) is 3.64. The molecule has 0 saturated carbocycles. The molecule has 3 aromatic rings. The SMILES string of the molecule is Cc1nn(-c2ccccc2)c2c1[C@H](c1ccc(OC(C)C)cc1)SCC(=O)N2. The van der Waals surface area contributed by atoms with Crippen LogP contribution in [0.3, 0.4) is 0 Å². The second-order valence-corrected chi connectivity index (χ2v) is 8.16. The van der Waals surface area contributed by atoms with Gasteiger partial charge in [-0.15, -0.1) is 11.8 Å². The van der Waals surface area contributed by atoms with E-state index in [1.807, 2.05) is 67.9 Å². The van der Waals surface area contributed by atoms with Crippen molar-refractivity contribution in [3.63, 3.8) is 0 Å². The Morgan fingerprint density at radius 2 is 1.86 bits per heavy atom. The van der Waals surface area contributed by atoms with Gasteiger partial charge in [-0.3, -0.25) is 4.79 Å². The zero-order chi connectivity index (χ0) is 19.7. The molecule has 0 bridgehead atoms. The van der Waals surface area contributed by atoms with Crippen molar-refractivity contribution in [2.45, 2.75) is 32.1 Å². The number of aromatic nitrogens is 2. The van der Waals surface area contributed by atoms with Gasteiger partial charge in [0, 0.05) is 5.56 Å². The standard InChI is InChI=1S/C22H23N3O2S/c1-14(2)27-18-11-9-16(10-12-18)21-20-15(3)24-25(17-7-5-4-6-8-17)22(20)23-19(26)13-28-21/h4-12,14,21H,13H2,1-3H3,(H,23,26)/t21-/m0/s1. The van der Waals surface area contributed by atoms with E-state index in [1.165, 1.54) is 0 Å². The van der Waals surface area contributed by atoms with Crippen molar-refractivity contribution < 1.29 is 9.53 Å². The number of amides is 1. The van der Waals surface area contributed by atoms with Gasteiger partial charge in [-0.25, -0.2) is 4.68 Å². The Bertz CT molecular complexity index is 981. The minimum absolute atomic E-state index is 0.00871. The average Bonchev–Trinajstić information content (AvgIpc) is 2.89. The van der Waals surface area contributed by atoms with Crippen LogP contribution in [0.4, 0.5) is 5.82 Å². The van der Waals surface area contributed by atoms with Crippen LogP contribution in [-0.2, 0) is 4.79 Å². The van der Waals surface area contributed by atoms with Crippen molar-refractivity contribution in [3.8, 4) is 11.4 Å². The molecule has 0 aliphatic carbocycles. The van der Waals surface area contributed by atoms with Crippen LogP contribution >= 0.6 is 11.8 Å². The number of rotatable bonds is 4. The maximum absolute atomic E-state index is 12.4. The smallest absolute Gasteiger partial charge is 0.235 e. The van der Waals surface area contributed by atoms with Gasteiger partial charge in [-0.05, 0) is 50.6 Å². The van der Waals surface area contributed by atoms with Crippen molar-refractivity contribution in [1.29, 1.82) is 0 Å². The number of carbonyl (C=O) groups excluding carboxylic acids is 1. The first-order chi connectivity index (χ1) is 13.5. The number of hydrogen-bond donors (Lipinski definition) is 1. The highest BCUT2D eigenvalue weighted by atomic mass is 32.2. The minimum Gasteiger partial charge on any atom is -0.491 e. The van der Waals surface area contributed by atoms with E-state index in [9.17, 15) is 4.79 Å². The van der Waals surface area contributed by atoms with Gasteiger partial charge < -0.3 is 10.1 Å². The Kier molecular flexibility index (Phi) is 5.13. The summed E-state index contributed by atoms with van der Waals surface area (Å²) in [6.45, 7) is 6.03. The summed E-state index contributed by atoms with van der Waals surface area (Å²) in [6, 6.07) is 18.0. The van der Waals surface area contributed by atoms with E-state index in [0.717, 1.165) is 34.1 Å². The fourth-order valence-electron chi connectivity index (χ4n) is 3.40. The number of thioether (sulfide) groups is 1. The van der Waals surface area contributed by atoms with E-state index in [-0.39, 0.29) is 17.3 Å². The molecule has 1 aliphatic heterocycles. The molecular weight excluding hydrogens is 370 g/mol. The monoisotopic (exact) mass is 393 g/mol. The molecule has 0 spiro atoms. The zero-order valence-corrected chi connectivity index (χ0v) is 17.0. The predicted molar refractivity (Wildman–Crippen MR) is 113 cm³/mol. The lowest BCUT2D eigenvalue weighted by Crippen LogP contribution is -2.15. The summed E-state index contributed by atoms with van der Waals surface area (Å²) in [5, 5.41) is 7.83. The second-order valence-electron chi connectivity index (χ2n) is 7.07. The number of anilines is 1. The van der Waals surface area contributed by atoms with E-state index in [0.29, 0.717) is 5.75 Å². The number of aryl methyl sites for hydroxylation is 1. The van der Waals surface area contributed by atoms with Gasteiger partial charge in [0.25, 0.3) is 0 Å². The third-order valence-electron chi connectivity index (χ3n) is 4.56. The number of ether oxygens (including phenoxy) is 1. The van der Waals surface area contributed by atoms with Crippen LogP contribution in [0.5, 0.6) is 5.75 Å². The van der Waals surface area contributed by atoms with Crippen LogP contribution in [-0.4, -0.2) is 27.5 Å². The molecule has 0 saturated heterocycles. The number of nitrogens with zero attached hydrogens (tertiary/aromatic N) is 2. The van der Waals surface area contributed by atoms with Gasteiger partial charge in [0.1, 0.15) is 11.6 Å². The van der Waals surface area contributed by atoms with Crippen molar-refractivity contribution in [2.75, 3.05) is 11.1 Å². The Morgan fingerprint density at radius 3 is 2.54 bits per heavy atom. The Labute approximate surface area is 169 Å². The van der Waals surface area contributed by atoms with Crippen molar-refractivity contribution >= 4 is 23.5 Å². The second kappa shape index (κ2) is 7.72. The van der Waals surface area contributed by atoms with Crippen LogP contribution in [0, 0.1) is 6.92 Å². The van der Waals surface area contributed by atoms with E-state index < -0.39 is 0 Å². The van der Waals surface area contributed by atoms with E-state index in [1.54, 1.807) is 11.8 Å². The summed E-state index contributed by atoms with van der Waals surface area (Å²) in [7, 11) is 0. The largest absolute Gasteiger partial charge is 0.491 e. The highest BCUT2D eigenvalue weighted by Crippen LogP contribution is 2.44. The molecule has 2 heterocycles. The highest BCUT2D eigenvalue weighted by Gasteiger charge is 2.30. The lowest BCUT2D eigenvalue weighted by atomic mass is 10.0. The van der Waals surface area contributed by atoms with Crippen molar-refractivity contribution in [1.82, 2.24) is 9.78 Å². The summed E-state index contributed by atoms with van der Waals surface area (Å²) in [6.07, 6.45) is 0.137. The molecule has 6 heteroatoms. The van der Waals surface area contributed by atoms with Gasteiger partial charge >= 0.3 is 0 Å². The quantitative estimate of drug-likeness (QED) is 0.695. The highest BCUT2D eigenvalue weighted by molar-refractivity contribution is 8.00. The Balaban J connectivity index is 1.77. The third-order valence-corrected chi connectivity index (χ3v) is 5.83. The molecule has 1 atom stereocenters. The molecule has 1 aromatic heterocycles. The first kappa shape index (κ1) is 18.6. The van der Waals surface area contributed by atoms with E-state index in [2.05, 4.69) is 17.4 Å². The molecule has 0 fully saturated rings. The number of carbonyl (C=O) groups is 1. The van der Waals surface area contributed by atoms with Crippen molar-refractivity contribution in [2.24, 2.45) is 0 Å². The summed E-state index contributed by atoms with van der Waals surface area (Å²) < 4.78 is 7.59. The molecule has 1 aliphatic rings. The van der Waals surface area contributed by atoms with Gasteiger partial charge in [0.15, 0.2) is 0 Å². The van der Waals surface area contributed by atoms with Crippen LogP contribution < -0.4 is 10.1 Å². The fraction of sp³-hybridized carbons (Fsp3) is 0.273. The lowest BCUT2D eigenvalue weighted by molar-refractivity contribution is -0.113. The molecular formula is C22H23N3O2S. The predicted octanol–water partition coefficient (Wildman–Crippen LogP) is 4.74. The molecule has 28 heavy (non-hydrogen) atoms. The number of nitrogens with one attached hydrogen (secondary N) is 1. The normalized spacial score (nSPS) is 16.4. The average molecular weight is 394 g/mol. The zero-order valence-electron chi connectivity index (χ0n) is 16.2. The summed E-state index contributed by atoms with van der Waals surface area (Å²) >= 11 is 1.62. The van der Waals surface area contributed by atoms with Crippen LogP contribution in [0.1, 0.15) is 35.9 Å². The first-order valence-corrected chi connectivity index (χ1v) is 10.4. The molecule has 0 radical (unpaired) electrons. The van der Waals surface area contributed by atoms with E-state index in [4.69, 9.17) is 9.84 Å². The van der Waals surface area contributed by atoms with E-state index >= 15 is 0 Å². The molecule has 1 N–H and O–H groups in total. The lowest BCUT2D eigenvalue weighted by Gasteiger charge is -2.16. The molecule has 5 nitrogen and oxygen atoms in total. The summed E-state index contributed by atoms with van der Waals surface area (Å²) in [5.41, 5.74) is 4.03. The Hall–Kier alpha value is -2.73. The number of para-hydroxylation sites is 1. The molecule has 144 valence electrons. The first-order valence-electron chi connectivity index (χ1n) is 9.36. The van der Waals surface area contributed by atoms with Crippen LogP contribution in [0.15, 0.2) is 54.6 Å². The van der Waals surface area contributed by atoms with Gasteiger partial charge in [0.05, 0.1) is 28.5 Å². The Morgan fingerprint density at radius 1 is 1.14 bits per heavy atom. The van der Waals surface area contributed by atoms with Crippen LogP contribution in [0.2, 0.25) is 0 Å². The molecule has 0 unspecified atom stereocenters. The summed E-state index contributed by atoms with van der Waals surface area (Å²) in [4.78, 5) is 12.4. The van der Waals surface area contributed by atoms with Gasteiger partial charge in [-0.1, -0.05) is 30.3 Å². The minimum atomic E-state index is -0.00871. The number of fused-ring (bicyclic) bond motifs is 1.